The SMILES string of the molecule is CCCOc1cccnc1N1CCCCC1CN. The Hall–Kier alpha value is -1.29. The molecule has 0 radical (unpaired) electrons. The molecule has 1 unspecified atom stereocenters. The van der Waals surface area contributed by atoms with Crippen LogP contribution in [0.15, 0.2) is 18.3 Å². The Bertz CT molecular complexity index is 370. The van der Waals surface area contributed by atoms with Gasteiger partial charge in [-0.1, -0.05) is 6.92 Å². The first-order chi connectivity index (χ1) is 8.86. The van der Waals surface area contributed by atoms with E-state index < -0.39 is 0 Å². The largest absolute Gasteiger partial charge is 0.490 e. The van der Waals surface area contributed by atoms with Crippen LogP contribution >= 0.6 is 0 Å². The maximum absolute atomic E-state index is 5.87. The molecule has 2 heterocycles. The number of pyridine rings is 1. The Balaban J connectivity index is 2.19. The van der Waals surface area contributed by atoms with Crippen molar-refractivity contribution in [2.45, 2.75) is 38.6 Å². The van der Waals surface area contributed by atoms with Gasteiger partial charge in [-0.3, -0.25) is 0 Å². The average molecular weight is 249 g/mol. The number of anilines is 1. The van der Waals surface area contributed by atoms with Gasteiger partial charge in [0.2, 0.25) is 0 Å². The molecule has 1 fully saturated rings. The van der Waals surface area contributed by atoms with Crippen molar-refractivity contribution >= 4 is 5.82 Å². The second kappa shape index (κ2) is 6.59. The summed E-state index contributed by atoms with van der Waals surface area (Å²) in [5, 5.41) is 0. The first-order valence-electron chi connectivity index (χ1n) is 6.91. The second-order valence-corrected chi connectivity index (χ2v) is 4.75. The molecule has 0 bridgehead atoms. The highest BCUT2D eigenvalue weighted by molar-refractivity contribution is 5.53. The number of hydrogen-bond acceptors (Lipinski definition) is 4. The quantitative estimate of drug-likeness (QED) is 0.869. The summed E-state index contributed by atoms with van der Waals surface area (Å²) in [6.07, 6.45) is 6.46. The predicted octanol–water partition coefficient (Wildman–Crippen LogP) is 2.19. The van der Waals surface area contributed by atoms with Gasteiger partial charge in [0.1, 0.15) is 0 Å². The van der Waals surface area contributed by atoms with Crippen LogP contribution < -0.4 is 15.4 Å². The third-order valence-corrected chi connectivity index (χ3v) is 3.38. The van der Waals surface area contributed by atoms with Gasteiger partial charge >= 0.3 is 0 Å². The van der Waals surface area contributed by atoms with Crippen LogP contribution in [-0.4, -0.2) is 30.7 Å². The lowest BCUT2D eigenvalue weighted by Gasteiger charge is -2.36. The Morgan fingerprint density at radius 3 is 3.17 bits per heavy atom. The molecule has 1 atom stereocenters. The van der Waals surface area contributed by atoms with E-state index in [4.69, 9.17) is 10.5 Å². The molecule has 0 saturated carbocycles. The third-order valence-electron chi connectivity index (χ3n) is 3.38. The number of nitrogens with two attached hydrogens (primary N) is 1. The number of aromatic nitrogens is 1. The van der Waals surface area contributed by atoms with Crippen molar-refractivity contribution < 1.29 is 4.74 Å². The van der Waals surface area contributed by atoms with Gasteiger partial charge in [0.05, 0.1) is 6.61 Å². The summed E-state index contributed by atoms with van der Waals surface area (Å²) >= 11 is 0. The van der Waals surface area contributed by atoms with Crippen LogP contribution in [-0.2, 0) is 0 Å². The fraction of sp³-hybridized carbons (Fsp3) is 0.643. The molecule has 1 saturated heterocycles. The molecule has 1 aromatic rings. The molecule has 4 heteroatoms. The zero-order valence-corrected chi connectivity index (χ0v) is 11.1. The van der Waals surface area contributed by atoms with E-state index in [0.717, 1.165) is 37.6 Å². The molecule has 1 aliphatic heterocycles. The Morgan fingerprint density at radius 2 is 2.39 bits per heavy atom. The standard InChI is InChI=1S/C14H23N3O/c1-2-10-18-13-7-5-8-16-14(13)17-9-4-3-6-12(17)11-15/h5,7-8,12H,2-4,6,9-11,15H2,1H3. The van der Waals surface area contributed by atoms with Crippen LogP contribution in [0.3, 0.4) is 0 Å². The molecular formula is C14H23N3O. The molecule has 0 spiro atoms. The topological polar surface area (TPSA) is 51.4 Å². The van der Waals surface area contributed by atoms with Crippen molar-refractivity contribution in [2.24, 2.45) is 5.73 Å². The van der Waals surface area contributed by atoms with Crippen molar-refractivity contribution in [3.8, 4) is 5.75 Å². The minimum atomic E-state index is 0.401. The summed E-state index contributed by atoms with van der Waals surface area (Å²) in [4.78, 5) is 6.81. The monoisotopic (exact) mass is 249 g/mol. The Kier molecular flexibility index (Phi) is 4.81. The van der Waals surface area contributed by atoms with E-state index in [1.54, 1.807) is 0 Å². The van der Waals surface area contributed by atoms with Gasteiger partial charge in [-0.15, -0.1) is 0 Å². The second-order valence-electron chi connectivity index (χ2n) is 4.75. The number of rotatable bonds is 5. The lowest BCUT2D eigenvalue weighted by atomic mass is 10.0. The summed E-state index contributed by atoms with van der Waals surface area (Å²) in [5.41, 5.74) is 5.87. The highest BCUT2D eigenvalue weighted by Crippen LogP contribution is 2.30. The van der Waals surface area contributed by atoms with E-state index >= 15 is 0 Å². The highest BCUT2D eigenvalue weighted by atomic mass is 16.5. The molecule has 100 valence electrons. The Labute approximate surface area is 109 Å². The number of hydrogen-bond donors (Lipinski definition) is 1. The first-order valence-corrected chi connectivity index (χ1v) is 6.91. The molecule has 0 aromatic carbocycles. The number of piperidine rings is 1. The molecule has 4 nitrogen and oxygen atoms in total. The summed E-state index contributed by atoms with van der Waals surface area (Å²) in [5.74, 6) is 1.85. The van der Waals surface area contributed by atoms with E-state index in [9.17, 15) is 0 Å². The smallest absolute Gasteiger partial charge is 0.171 e. The van der Waals surface area contributed by atoms with Gasteiger partial charge < -0.3 is 15.4 Å². The van der Waals surface area contributed by atoms with Crippen LogP contribution in [0.25, 0.3) is 0 Å². The van der Waals surface area contributed by atoms with Crippen LogP contribution in [0.2, 0.25) is 0 Å². The van der Waals surface area contributed by atoms with Gasteiger partial charge in [-0.25, -0.2) is 4.98 Å². The number of ether oxygens (including phenoxy) is 1. The minimum Gasteiger partial charge on any atom is -0.490 e. The van der Waals surface area contributed by atoms with Crippen molar-refractivity contribution in [2.75, 3.05) is 24.6 Å². The van der Waals surface area contributed by atoms with E-state index in [2.05, 4.69) is 16.8 Å². The zero-order chi connectivity index (χ0) is 12.8. The maximum Gasteiger partial charge on any atom is 0.171 e. The van der Waals surface area contributed by atoms with Gasteiger partial charge in [0.25, 0.3) is 0 Å². The predicted molar refractivity (Wildman–Crippen MR) is 74.1 cm³/mol. The highest BCUT2D eigenvalue weighted by Gasteiger charge is 2.24. The molecule has 2 N–H and O–H groups in total. The third kappa shape index (κ3) is 2.93. The van der Waals surface area contributed by atoms with E-state index in [-0.39, 0.29) is 0 Å². The number of nitrogens with zero attached hydrogens (tertiary/aromatic N) is 2. The minimum absolute atomic E-state index is 0.401. The summed E-state index contributed by atoms with van der Waals surface area (Å²) in [7, 11) is 0. The van der Waals surface area contributed by atoms with E-state index in [1.807, 2.05) is 18.3 Å². The van der Waals surface area contributed by atoms with Crippen molar-refractivity contribution in [3.05, 3.63) is 18.3 Å². The van der Waals surface area contributed by atoms with Gasteiger partial charge in [-0.2, -0.15) is 0 Å². The lowest BCUT2D eigenvalue weighted by molar-refractivity contribution is 0.314. The van der Waals surface area contributed by atoms with E-state index in [0.29, 0.717) is 12.6 Å². The summed E-state index contributed by atoms with van der Waals surface area (Å²) in [6.45, 7) is 4.56. The lowest BCUT2D eigenvalue weighted by Crippen LogP contribution is -2.44. The van der Waals surface area contributed by atoms with Crippen LogP contribution in [0.1, 0.15) is 32.6 Å². The first kappa shape index (κ1) is 13.1. The van der Waals surface area contributed by atoms with Crippen LogP contribution in [0.4, 0.5) is 5.82 Å². The Morgan fingerprint density at radius 1 is 1.50 bits per heavy atom. The van der Waals surface area contributed by atoms with Gasteiger partial charge in [0, 0.05) is 25.3 Å². The van der Waals surface area contributed by atoms with Gasteiger partial charge in [-0.05, 0) is 37.8 Å². The fourth-order valence-electron chi connectivity index (χ4n) is 2.45. The molecule has 1 aromatic heterocycles. The molecule has 0 amide bonds. The van der Waals surface area contributed by atoms with Crippen molar-refractivity contribution in [1.82, 2.24) is 4.98 Å². The maximum atomic E-state index is 5.87. The average Bonchev–Trinajstić information content (AvgIpc) is 2.45. The molecule has 1 aliphatic rings. The van der Waals surface area contributed by atoms with Crippen LogP contribution in [0.5, 0.6) is 5.75 Å². The molecular weight excluding hydrogens is 226 g/mol. The normalized spacial score (nSPS) is 19.9. The summed E-state index contributed by atoms with van der Waals surface area (Å²) < 4.78 is 5.79. The van der Waals surface area contributed by atoms with Crippen LogP contribution in [0, 0.1) is 0 Å². The summed E-state index contributed by atoms with van der Waals surface area (Å²) in [6, 6.07) is 4.33. The van der Waals surface area contributed by atoms with E-state index in [1.165, 1.54) is 12.8 Å². The van der Waals surface area contributed by atoms with Crippen molar-refractivity contribution in [3.63, 3.8) is 0 Å². The molecule has 18 heavy (non-hydrogen) atoms. The van der Waals surface area contributed by atoms with Gasteiger partial charge in [0.15, 0.2) is 11.6 Å². The molecule has 2 rings (SSSR count). The fourth-order valence-corrected chi connectivity index (χ4v) is 2.45. The van der Waals surface area contributed by atoms with Crippen molar-refractivity contribution in [1.29, 1.82) is 0 Å². The molecule has 0 aliphatic carbocycles. The zero-order valence-electron chi connectivity index (χ0n) is 11.1.